The zero-order valence-corrected chi connectivity index (χ0v) is 7.92. The lowest BCUT2D eigenvalue weighted by Gasteiger charge is -2.56. The summed E-state index contributed by atoms with van der Waals surface area (Å²) in [7, 11) is 2.15. The summed E-state index contributed by atoms with van der Waals surface area (Å²) in [4.78, 5) is 0. The zero-order valence-electron chi connectivity index (χ0n) is 7.92. The minimum Gasteiger partial charge on any atom is -0.317 e. The monoisotopic (exact) mass is 165 g/mol. The second-order valence-corrected chi connectivity index (χ2v) is 5.12. The molecule has 0 heterocycles. The van der Waals surface area contributed by atoms with Crippen molar-refractivity contribution in [1.82, 2.24) is 5.32 Å². The van der Waals surface area contributed by atoms with Crippen molar-refractivity contribution in [3.8, 4) is 0 Å². The Morgan fingerprint density at radius 1 is 0.917 bits per heavy atom. The summed E-state index contributed by atoms with van der Waals surface area (Å²) in [5.41, 5.74) is 0. The Hall–Kier alpha value is -0.0400. The van der Waals surface area contributed by atoms with Crippen LogP contribution in [0.4, 0.5) is 0 Å². The molecular weight excluding hydrogens is 146 g/mol. The van der Waals surface area contributed by atoms with Gasteiger partial charge in [-0.2, -0.15) is 0 Å². The molecule has 1 nitrogen and oxygen atoms in total. The molecule has 5 aliphatic carbocycles. The molecule has 4 bridgehead atoms. The van der Waals surface area contributed by atoms with Gasteiger partial charge in [-0.3, -0.25) is 0 Å². The van der Waals surface area contributed by atoms with Gasteiger partial charge in [-0.25, -0.2) is 0 Å². The molecule has 0 aliphatic heterocycles. The molecule has 12 heavy (non-hydrogen) atoms. The first-order valence-electron chi connectivity index (χ1n) is 5.55. The standard InChI is InChI=1S/C11H19N/c1-12-11-6-9-4-8-3-2-7(9)5-10(8)11/h7-12H,2-6H2,1H3/t7-,8-,9+,10-,11+/m0/s1. The molecule has 0 saturated heterocycles. The van der Waals surface area contributed by atoms with Crippen molar-refractivity contribution in [2.75, 3.05) is 7.05 Å². The second kappa shape index (κ2) is 2.47. The van der Waals surface area contributed by atoms with E-state index in [1.54, 1.807) is 25.7 Å². The quantitative estimate of drug-likeness (QED) is 0.627. The van der Waals surface area contributed by atoms with Gasteiger partial charge in [0.1, 0.15) is 0 Å². The highest BCUT2D eigenvalue weighted by Gasteiger charge is 2.49. The molecule has 1 N–H and O–H groups in total. The van der Waals surface area contributed by atoms with Gasteiger partial charge in [-0.1, -0.05) is 0 Å². The first-order chi connectivity index (χ1) is 5.88. The van der Waals surface area contributed by atoms with Gasteiger partial charge in [0.05, 0.1) is 0 Å². The largest absolute Gasteiger partial charge is 0.317 e. The summed E-state index contributed by atoms with van der Waals surface area (Å²) in [5, 5.41) is 3.52. The van der Waals surface area contributed by atoms with Crippen LogP contribution in [-0.2, 0) is 0 Å². The number of nitrogens with one attached hydrogen (secondary N) is 1. The van der Waals surface area contributed by atoms with E-state index in [-0.39, 0.29) is 0 Å². The van der Waals surface area contributed by atoms with Gasteiger partial charge in [-0.05, 0) is 62.8 Å². The van der Waals surface area contributed by atoms with Crippen LogP contribution in [-0.4, -0.2) is 13.1 Å². The normalized spacial score (nSPS) is 56.2. The van der Waals surface area contributed by atoms with E-state index in [0.29, 0.717) is 0 Å². The third-order valence-electron chi connectivity index (χ3n) is 4.81. The van der Waals surface area contributed by atoms with Crippen LogP contribution in [0.25, 0.3) is 0 Å². The van der Waals surface area contributed by atoms with Crippen molar-refractivity contribution in [3.05, 3.63) is 0 Å². The number of rotatable bonds is 1. The van der Waals surface area contributed by atoms with Crippen LogP contribution in [0.1, 0.15) is 32.1 Å². The lowest BCUT2D eigenvalue weighted by molar-refractivity contribution is -0.0388. The van der Waals surface area contributed by atoms with E-state index in [1.165, 1.54) is 6.42 Å². The average Bonchev–Trinajstić information content (AvgIpc) is 2.17. The fourth-order valence-corrected chi connectivity index (χ4v) is 4.22. The predicted octanol–water partition coefficient (Wildman–Crippen LogP) is 2.03. The molecule has 0 spiro atoms. The maximum Gasteiger partial charge on any atom is 0.00978 e. The van der Waals surface area contributed by atoms with Crippen LogP contribution in [0.15, 0.2) is 0 Å². The minimum absolute atomic E-state index is 0.880. The van der Waals surface area contributed by atoms with E-state index in [9.17, 15) is 0 Å². The van der Waals surface area contributed by atoms with E-state index in [4.69, 9.17) is 0 Å². The predicted molar refractivity (Wildman–Crippen MR) is 49.9 cm³/mol. The highest BCUT2D eigenvalue weighted by molar-refractivity contribution is 5.01. The molecular formula is C11H19N. The fraction of sp³-hybridized carbons (Fsp3) is 1.00. The van der Waals surface area contributed by atoms with Crippen LogP contribution < -0.4 is 5.32 Å². The molecule has 0 radical (unpaired) electrons. The van der Waals surface area contributed by atoms with Crippen molar-refractivity contribution in [2.24, 2.45) is 23.7 Å². The first-order valence-corrected chi connectivity index (χ1v) is 5.55. The summed E-state index contributed by atoms with van der Waals surface area (Å²) < 4.78 is 0. The van der Waals surface area contributed by atoms with E-state index >= 15 is 0 Å². The first kappa shape index (κ1) is 7.37. The van der Waals surface area contributed by atoms with Gasteiger partial charge < -0.3 is 5.32 Å². The Morgan fingerprint density at radius 3 is 2.33 bits per heavy atom. The lowest BCUT2D eigenvalue weighted by Crippen LogP contribution is -2.53. The molecule has 5 atom stereocenters. The van der Waals surface area contributed by atoms with E-state index in [1.807, 2.05) is 0 Å². The van der Waals surface area contributed by atoms with Crippen molar-refractivity contribution in [2.45, 2.75) is 38.1 Å². The molecule has 5 saturated carbocycles. The Labute approximate surface area is 74.9 Å². The summed E-state index contributed by atoms with van der Waals surface area (Å²) in [6.07, 6.45) is 7.73. The Bertz CT molecular complexity index is 187. The van der Waals surface area contributed by atoms with Crippen molar-refractivity contribution >= 4 is 0 Å². The topological polar surface area (TPSA) is 12.0 Å². The van der Waals surface area contributed by atoms with Gasteiger partial charge in [0.15, 0.2) is 0 Å². The van der Waals surface area contributed by atoms with Crippen LogP contribution in [0.2, 0.25) is 0 Å². The van der Waals surface area contributed by atoms with Crippen molar-refractivity contribution in [1.29, 1.82) is 0 Å². The van der Waals surface area contributed by atoms with Crippen LogP contribution in [0.3, 0.4) is 0 Å². The van der Waals surface area contributed by atoms with Gasteiger partial charge in [0, 0.05) is 6.04 Å². The molecule has 5 rings (SSSR count). The van der Waals surface area contributed by atoms with Gasteiger partial charge in [0.25, 0.3) is 0 Å². The molecule has 1 heteroatoms. The Balaban J connectivity index is 1.86. The smallest absolute Gasteiger partial charge is 0.00978 e. The van der Waals surface area contributed by atoms with Crippen LogP contribution >= 0.6 is 0 Å². The summed E-state index contributed by atoms with van der Waals surface area (Å²) in [5.74, 6) is 4.39. The Kier molecular flexibility index (Phi) is 1.52. The molecule has 68 valence electrons. The van der Waals surface area contributed by atoms with Crippen LogP contribution in [0, 0.1) is 23.7 Å². The summed E-state index contributed by atoms with van der Waals surface area (Å²) >= 11 is 0. The summed E-state index contributed by atoms with van der Waals surface area (Å²) in [6.45, 7) is 0. The zero-order chi connectivity index (χ0) is 8.13. The summed E-state index contributed by atoms with van der Waals surface area (Å²) in [6, 6.07) is 0.880. The van der Waals surface area contributed by atoms with Gasteiger partial charge in [0.2, 0.25) is 0 Å². The van der Waals surface area contributed by atoms with Crippen LogP contribution in [0.5, 0.6) is 0 Å². The molecule has 0 aromatic heterocycles. The van der Waals surface area contributed by atoms with Crippen molar-refractivity contribution < 1.29 is 0 Å². The second-order valence-electron chi connectivity index (χ2n) is 5.12. The van der Waals surface area contributed by atoms with E-state index in [0.717, 1.165) is 29.7 Å². The maximum atomic E-state index is 3.52. The number of hydrogen-bond acceptors (Lipinski definition) is 1. The molecule has 5 fully saturated rings. The van der Waals surface area contributed by atoms with Gasteiger partial charge in [-0.15, -0.1) is 0 Å². The molecule has 0 amide bonds. The highest BCUT2D eigenvalue weighted by Crippen LogP contribution is 2.55. The average molecular weight is 165 g/mol. The number of hydrogen-bond donors (Lipinski definition) is 1. The highest BCUT2D eigenvalue weighted by atomic mass is 14.9. The minimum atomic E-state index is 0.880. The van der Waals surface area contributed by atoms with E-state index < -0.39 is 0 Å². The van der Waals surface area contributed by atoms with Crippen molar-refractivity contribution in [3.63, 3.8) is 0 Å². The van der Waals surface area contributed by atoms with Gasteiger partial charge >= 0.3 is 0 Å². The third kappa shape index (κ3) is 0.834. The molecule has 0 unspecified atom stereocenters. The molecule has 0 aromatic carbocycles. The SMILES string of the molecule is CN[C@@H]1C[C@H]2C[C@@H]3CC[C@H]2C[C@@H]31. The lowest BCUT2D eigenvalue weighted by atomic mass is 9.51. The van der Waals surface area contributed by atoms with E-state index in [2.05, 4.69) is 12.4 Å². The molecule has 5 aliphatic rings. The Morgan fingerprint density at radius 2 is 1.75 bits per heavy atom. The fourth-order valence-electron chi connectivity index (χ4n) is 4.22. The maximum absolute atomic E-state index is 3.52. The number of fused-ring (bicyclic) bond motifs is 2. The molecule has 0 aromatic rings. The third-order valence-corrected chi connectivity index (χ3v) is 4.81.